The standard InChI is InChI=1S/C28H30ClN5O2/c1-19(2)12-17-36-23-10-6-21(7-11-23)27-24-25(20-4-8-22(29)9-5-20)31-32-26(24)28(35)34(27)15-3-14-33-16-13-30-18-33/h4-11,13,16,18-19,27H,3,12,14-15,17H2,1-2H3,(H,31,32). The van der Waals surface area contributed by atoms with Gasteiger partial charge in [-0.05, 0) is 48.6 Å². The zero-order chi connectivity index (χ0) is 25.1. The highest BCUT2D eigenvalue weighted by atomic mass is 35.5. The number of aryl methyl sites for hydroxylation is 1. The second-order valence-electron chi connectivity index (χ2n) is 9.52. The van der Waals surface area contributed by atoms with Crippen LogP contribution in [-0.2, 0) is 6.54 Å². The van der Waals surface area contributed by atoms with Crippen LogP contribution in [0.5, 0.6) is 5.75 Å². The lowest BCUT2D eigenvalue weighted by molar-refractivity contribution is 0.0739. The molecule has 4 aromatic rings. The van der Waals surface area contributed by atoms with Gasteiger partial charge in [-0.25, -0.2) is 4.98 Å². The molecule has 1 atom stereocenters. The predicted molar refractivity (Wildman–Crippen MR) is 140 cm³/mol. The number of nitrogens with one attached hydrogen (secondary N) is 1. The number of imidazole rings is 1. The van der Waals surface area contributed by atoms with E-state index in [4.69, 9.17) is 16.3 Å². The van der Waals surface area contributed by atoms with Gasteiger partial charge < -0.3 is 14.2 Å². The van der Waals surface area contributed by atoms with Crippen LogP contribution in [0.2, 0.25) is 5.02 Å². The number of hydrogen-bond acceptors (Lipinski definition) is 4. The predicted octanol–water partition coefficient (Wildman–Crippen LogP) is 5.99. The highest BCUT2D eigenvalue weighted by Crippen LogP contribution is 2.43. The van der Waals surface area contributed by atoms with Gasteiger partial charge in [-0.15, -0.1) is 0 Å². The normalized spacial score (nSPS) is 15.1. The molecule has 1 aliphatic heterocycles. The third-order valence-electron chi connectivity index (χ3n) is 6.52. The first kappa shape index (κ1) is 24.1. The van der Waals surface area contributed by atoms with Gasteiger partial charge in [-0.3, -0.25) is 9.89 Å². The van der Waals surface area contributed by atoms with E-state index in [1.807, 2.05) is 52.1 Å². The number of ether oxygens (including phenoxy) is 1. The molecular formula is C28H30ClN5O2. The molecule has 0 fully saturated rings. The number of hydrogen-bond donors (Lipinski definition) is 1. The second kappa shape index (κ2) is 10.6. The fraction of sp³-hybridized carbons (Fsp3) is 0.321. The number of aromatic amines is 1. The first-order valence-corrected chi connectivity index (χ1v) is 12.7. The number of nitrogens with zero attached hydrogens (tertiary/aromatic N) is 4. The van der Waals surface area contributed by atoms with Gasteiger partial charge in [0.05, 0.1) is 24.7 Å². The van der Waals surface area contributed by atoms with Gasteiger partial charge in [-0.1, -0.05) is 49.7 Å². The van der Waals surface area contributed by atoms with E-state index in [0.717, 1.165) is 47.5 Å². The lowest BCUT2D eigenvalue weighted by Crippen LogP contribution is -2.31. The lowest BCUT2D eigenvalue weighted by atomic mass is 9.96. The van der Waals surface area contributed by atoms with Crippen molar-refractivity contribution in [3.63, 3.8) is 0 Å². The van der Waals surface area contributed by atoms with Crippen molar-refractivity contribution in [2.75, 3.05) is 13.2 Å². The largest absolute Gasteiger partial charge is 0.494 e. The average Bonchev–Trinajstić information content (AvgIpc) is 3.59. The minimum Gasteiger partial charge on any atom is -0.494 e. The van der Waals surface area contributed by atoms with Crippen molar-refractivity contribution in [1.82, 2.24) is 24.6 Å². The number of aromatic nitrogens is 4. The first-order valence-electron chi connectivity index (χ1n) is 12.3. The average molecular weight is 504 g/mol. The Balaban J connectivity index is 1.45. The molecule has 0 saturated heterocycles. The molecule has 186 valence electrons. The third-order valence-corrected chi connectivity index (χ3v) is 6.77. The molecule has 36 heavy (non-hydrogen) atoms. The summed E-state index contributed by atoms with van der Waals surface area (Å²) in [5.41, 5.74) is 4.17. The van der Waals surface area contributed by atoms with Crippen molar-refractivity contribution < 1.29 is 9.53 Å². The summed E-state index contributed by atoms with van der Waals surface area (Å²) in [6.45, 7) is 6.45. The Morgan fingerprint density at radius 2 is 1.86 bits per heavy atom. The van der Waals surface area contributed by atoms with Crippen molar-refractivity contribution in [2.45, 2.75) is 39.3 Å². The maximum Gasteiger partial charge on any atom is 0.273 e. The van der Waals surface area contributed by atoms with E-state index >= 15 is 0 Å². The van der Waals surface area contributed by atoms with E-state index < -0.39 is 0 Å². The van der Waals surface area contributed by atoms with Crippen LogP contribution in [0.15, 0.2) is 67.3 Å². The molecule has 0 spiro atoms. The van der Waals surface area contributed by atoms with Crippen molar-refractivity contribution in [1.29, 1.82) is 0 Å². The van der Waals surface area contributed by atoms with E-state index in [2.05, 4.69) is 41.2 Å². The maximum absolute atomic E-state index is 13.5. The summed E-state index contributed by atoms with van der Waals surface area (Å²) < 4.78 is 7.95. The van der Waals surface area contributed by atoms with Crippen LogP contribution in [0.3, 0.4) is 0 Å². The van der Waals surface area contributed by atoms with Gasteiger partial charge in [0.2, 0.25) is 0 Å². The third kappa shape index (κ3) is 5.02. The quantitative estimate of drug-likeness (QED) is 0.288. The van der Waals surface area contributed by atoms with Gasteiger partial charge in [0.1, 0.15) is 11.4 Å². The molecule has 1 unspecified atom stereocenters. The molecule has 0 bridgehead atoms. The number of fused-ring (bicyclic) bond motifs is 1. The highest BCUT2D eigenvalue weighted by molar-refractivity contribution is 6.30. The van der Waals surface area contributed by atoms with E-state index in [9.17, 15) is 4.79 Å². The van der Waals surface area contributed by atoms with Gasteiger partial charge in [0, 0.05) is 41.6 Å². The Bertz CT molecular complexity index is 1300. The number of carbonyl (C=O) groups is 1. The zero-order valence-electron chi connectivity index (χ0n) is 20.5. The molecule has 1 N–H and O–H groups in total. The summed E-state index contributed by atoms with van der Waals surface area (Å²) in [7, 11) is 0. The van der Waals surface area contributed by atoms with Crippen molar-refractivity contribution in [3.05, 3.63) is 89.1 Å². The first-order chi connectivity index (χ1) is 17.5. The van der Waals surface area contributed by atoms with Crippen molar-refractivity contribution >= 4 is 17.5 Å². The number of carbonyl (C=O) groups excluding carboxylic acids is 1. The zero-order valence-corrected chi connectivity index (χ0v) is 21.3. The number of halogens is 1. The maximum atomic E-state index is 13.5. The molecule has 0 saturated carbocycles. The summed E-state index contributed by atoms with van der Waals surface area (Å²) in [4.78, 5) is 19.6. The number of H-pyrrole nitrogens is 1. The van der Waals surface area contributed by atoms with Crippen LogP contribution in [0, 0.1) is 5.92 Å². The Hall–Kier alpha value is -3.58. The minimum atomic E-state index is -0.246. The molecular weight excluding hydrogens is 474 g/mol. The van der Waals surface area contributed by atoms with Gasteiger partial charge in [-0.2, -0.15) is 5.10 Å². The van der Waals surface area contributed by atoms with Crippen LogP contribution >= 0.6 is 11.6 Å². The molecule has 3 heterocycles. The Morgan fingerprint density at radius 3 is 2.56 bits per heavy atom. The van der Waals surface area contributed by atoms with Crippen LogP contribution in [-0.4, -0.2) is 43.7 Å². The molecule has 1 amide bonds. The Kier molecular flexibility index (Phi) is 7.09. The summed E-state index contributed by atoms with van der Waals surface area (Å²) in [5, 5.41) is 8.22. The van der Waals surface area contributed by atoms with Crippen LogP contribution in [0.25, 0.3) is 11.3 Å². The molecule has 2 aromatic heterocycles. The molecule has 8 heteroatoms. The lowest BCUT2D eigenvalue weighted by Gasteiger charge is -2.26. The van der Waals surface area contributed by atoms with Gasteiger partial charge in [0.25, 0.3) is 5.91 Å². The van der Waals surface area contributed by atoms with E-state index in [1.165, 1.54) is 0 Å². The molecule has 0 radical (unpaired) electrons. The van der Waals surface area contributed by atoms with Crippen molar-refractivity contribution in [2.24, 2.45) is 5.92 Å². The smallest absolute Gasteiger partial charge is 0.273 e. The Morgan fingerprint density at radius 1 is 1.08 bits per heavy atom. The SMILES string of the molecule is CC(C)CCOc1ccc(C2c3c(-c4ccc(Cl)cc4)n[nH]c3C(=O)N2CCCn2ccnc2)cc1. The molecule has 7 nitrogen and oxygen atoms in total. The van der Waals surface area contributed by atoms with Crippen molar-refractivity contribution in [3.8, 4) is 17.0 Å². The number of benzene rings is 2. The Labute approximate surface area is 216 Å². The molecule has 0 aliphatic carbocycles. The van der Waals surface area contributed by atoms with Crippen LogP contribution in [0.4, 0.5) is 0 Å². The van der Waals surface area contributed by atoms with Crippen LogP contribution in [0.1, 0.15) is 54.3 Å². The van der Waals surface area contributed by atoms with E-state index in [-0.39, 0.29) is 11.9 Å². The number of amides is 1. The molecule has 5 rings (SSSR count). The van der Waals surface area contributed by atoms with E-state index in [0.29, 0.717) is 29.8 Å². The minimum absolute atomic E-state index is 0.0365. The molecule has 1 aliphatic rings. The summed E-state index contributed by atoms with van der Waals surface area (Å²) in [6, 6.07) is 15.4. The highest BCUT2D eigenvalue weighted by Gasteiger charge is 2.41. The fourth-order valence-corrected chi connectivity index (χ4v) is 4.73. The summed E-state index contributed by atoms with van der Waals surface area (Å²) in [6.07, 6.45) is 7.32. The van der Waals surface area contributed by atoms with Gasteiger partial charge in [0.15, 0.2) is 0 Å². The number of rotatable bonds is 10. The summed E-state index contributed by atoms with van der Waals surface area (Å²) in [5.74, 6) is 1.39. The second-order valence-corrected chi connectivity index (χ2v) is 9.96. The topological polar surface area (TPSA) is 76.0 Å². The van der Waals surface area contributed by atoms with Crippen LogP contribution < -0.4 is 4.74 Å². The molecule has 2 aromatic carbocycles. The van der Waals surface area contributed by atoms with E-state index in [1.54, 1.807) is 12.5 Å². The van der Waals surface area contributed by atoms with Gasteiger partial charge >= 0.3 is 0 Å². The summed E-state index contributed by atoms with van der Waals surface area (Å²) >= 11 is 6.12. The fourth-order valence-electron chi connectivity index (χ4n) is 4.60. The monoisotopic (exact) mass is 503 g/mol.